The second-order valence-corrected chi connectivity index (χ2v) is 6.68. The van der Waals surface area contributed by atoms with Crippen molar-refractivity contribution in [3.05, 3.63) is 47.2 Å². The number of rotatable bonds is 5. The molecule has 1 N–H and O–H groups in total. The molecule has 5 nitrogen and oxygen atoms in total. The van der Waals surface area contributed by atoms with E-state index in [2.05, 4.69) is 35.5 Å². The fourth-order valence-corrected chi connectivity index (χ4v) is 3.72. The summed E-state index contributed by atoms with van der Waals surface area (Å²) in [5.41, 5.74) is 2.82. The Hall–Kier alpha value is -2.30. The van der Waals surface area contributed by atoms with Crippen LogP contribution in [-0.2, 0) is 23.8 Å². The Morgan fingerprint density at radius 1 is 1.38 bits per heavy atom. The van der Waals surface area contributed by atoms with Crippen LogP contribution in [0.3, 0.4) is 0 Å². The third-order valence-electron chi connectivity index (χ3n) is 4.96. The Labute approximate surface area is 143 Å². The molecule has 5 heteroatoms. The van der Waals surface area contributed by atoms with Gasteiger partial charge in [0.15, 0.2) is 0 Å². The number of carbonyl (C=O) groups excluding carboxylic acids is 1. The van der Waals surface area contributed by atoms with Crippen LogP contribution in [0.2, 0.25) is 0 Å². The lowest BCUT2D eigenvalue weighted by Crippen LogP contribution is -2.42. The zero-order chi connectivity index (χ0) is 17.2. The largest absolute Gasteiger partial charge is 0.480 e. The van der Waals surface area contributed by atoms with E-state index in [9.17, 15) is 4.79 Å². The predicted molar refractivity (Wildman–Crippen MR) is 92.9 cm³/mol. The number of benzene rings is 1. The van der Waals surface area contributed by atoms with Crippen molar-refractivity contribution in [3.8, 4) is 5.88 Å². The highest BCUT2D eigenvalue weighted by atomic mass is 16.5. The Balaban J connectivity index is 1.80. The van der Waals surface area contributed by atoms with E-state index in [1.165, 1.54) is 5.56 Å². The smallest absolute Gasteiger partial charge is 0.237 e. The van der Waals surface area contributed by atoms with E-state index in [1.54, 1.807) is 11.8 Å². The third kappa shape index (κ3) is 3.03. The molecule has 0 unspecified atom stereocenters. The van der Waals surface area contributed by atoms with Gasteiger partial charge in [-0.3, -0.25) is 9.48 Å². The number of hydrogen-bond donors (Lipinski definition) is 1. The van der Waals surface area contributed by atoms with Crippen LogP contribution in [0, 0.1) is 6.92 Å². The summed E-state index contributed by atoms with van der Waals surface area (Å²) in [6.45, 7) is 2.51. The molecular formula is C19H25N3O2. The second-order valence-electron chi connectivity index (χ2n) is 6.68. The van der Waals surface area contributed by atoms with Gasteiger partial charge in [0.2, 0.25) is 11.8 Å². The van der Waals surface area contributed by atoms with Gasteiger partial charge in [-0.15, -0.1) is 5.10 Å². The summed E-state index contributed by atoms with van der Waals surface area (Å²) in [5, 5.41) is 7.35. The second kappa shape index (κ2) is 6.67. The number of methoxy groups -OCH3 is 1. The summed E-state index contributed by atoms with van der Waals surface area (Å²) in [5.74, 6) is 0.672. The molecule has 1 aliphatic carbocycles. The van der Waals surface area contributed by atoms with Crippen LogP contribution in [0.5, 0.6) is 5.88 Å². The highest BCUT2D eigenvalue weighted by molar-refractivity contribution is 5.88. The van der Waals surface area contributed by atoms with Gasteiger partial charge in [0.25, 0.3) is 0 Å². The lowest BCUT2D eigenvalue weighted by atomic mass is 9.77. The average molecular weight is 327 g/mol. The van der Waals surface area contributed by atoms with Crippen LogP contribution in [-0.4, -0.2) is 22.8 Å². The molecule has 1 amide bonds. The first kappa shape index (κ1) is 16.6. The molecule has 1 saturated carbocycles. The number of ether oxygens (including phenoxy) is 1. The first-order valence-electron chi connectivity index (χ1n) is 8.47. The Kier molecular flexibility index (Phi) is 4.60. The van der Waals surface area contributed by atoms with Gasteiger partial charge in [0.1, 0.15) is 0 Å². The maximum atomic E-state index is 13.1. The minimum atomic E-state index is -0.401. The van der Waals surface area contributed by atoms with Gasteiger partial charge in [0.05, 0.1) is 18.1 Å². The predicted octanol–water partition coefficient (Wildman–Crippen LogP) is 2.87. The molecule has 128 valence electrons. The van der Waals surface area contributed by atoms with Crippen LogP contribution in [0.4, 0.5) is 0 Å². The quantitative estimate of drug-likeness (QED) is 0.919. The van der Waals surface area contributed by atoms with E-state index in [0.29, 0.717) is 12.4 Å². The van der Waals surface area contributed by atoms with Gasteiger partial charge in [-0.05, 0) is 25.3 Å². The molecular weight excluding hydrogens is 302 g/mol. The number of amides is 1. The Bertz CT molecular complexity index is 730. The molecule has 1 aromatic carbocycles. The standard InChI is InChI=1S/C19H25N3O2/c1-14-7-6-8-16(11-14)19(9-4-5-10-19)18(23)20-12-15-13-22(2)21-17(15)24-3/h6-8,11,13H,4-5,9-10,12H2,1-3H3,(H,20,23). The molecule has 1 aliphatic rings. The minimum absolute atomic E-state index is 0.108. The first-order valence-corrected chi connectivity index (χ1v) is 8.47. The topological polar surface area (TPSA) is 56.1 Å². The fourth-order valence-electron chi connectivity index (χ4n) is 3.72. The normalized spacial score (nSPS) is 16.1. The highest BCUT2D eigenvalue weighted by Gasteiger charge is 2.42. The number of aromatic nitrogens is 2. The van der Waals surface area contributed by atoms with Crippen molar-refractivity contribution in [2.45, 2.75) is 44.6 Å². The van der Waals surface area contributed by atoms with Crippen molar-refractivity contribution in [1.82, 2.24) is 15.1 Å². The Morgan fingerprint density at radius 3 is 2.79 bits per heavy atom. The van der Waals surface area contributed by atoms with Crippen molar-refractivity contribution < 1.29 is 9.53 Å². The number of hydrogen-bond acceptors (Lipinski definition) is 3. The molecule has 0 spiro atoms. The lowest BCUT2D eigenvalue weighted by Gasteiger charge is -2.28. The van der Waals surface area contributed by atoms with Crippen molar-refractivity contribution in [2.24, 2.45) is 7.05 Å². The van der Waals surface area contributed by atoms with Crippen LogP contribution in [0.15, 0.2) is 30.5 Å². The lowest BCUT2D eigenvalue weighted by molar-refractivity contribution is -0.126. The summed E-state index contributed by atoms with van der Waals surface area (Å²) < 4.78 is 6.97. The van der Waals surface area contributed by atoms with Gasteiger partial charge in [-0.25, -0.2) is 0 Å². The molecule has 2 aromatic rings. The number of aryl methyl sites for hydroxylation is 2. The van der Waals surface area contributed by atoms with Gasteiger partial charge in [0, 0.05) is 19.8 Å². The van der Waals surface area contributed by atoms with Gasteiger partial charge in [-0.1, -0.05) is 42.7 Å². The maximum Gasteiger partial charge on any atom is 0.237 e. The van der Waals surface area contributed by atoms with E-state index in [1.807, 2.05) is 19.3 Å². The maximum absolute atomic E-state index is 13.1. The van der Waals surface area contributed by atoms with Gasteiger partial charge < -0.3 is 10.1 Å². The SMILES string of the molecule is COc1nn(C)cc1CNC(=O)C1(c2cccc(C)c2)CCCC1. The first-order chi connectivity index (χ1) is 11.5. The molecule has 24 heavy (non-hydrogen) atoms. The summed E-state index contributed by atoms with van der Waals surface area (Å²) in [7, 11) is 3.44. The fraction of sp³-hybridized carbons (Fsp3) is 0.474. The molecule has 3 rings (SSSR count). The molecule has 1 fully saturated rings. The molecule has 0 radical (unpaired) electrons. The average Bonchev–Trinajstić information content (AvgIpc) is 3.20. The summed E-state index contributed by atoms with van der Waals surface area (Å²) in [6, 6.07) is 8.35. The Morgan fingerprint density at radius 2 is 2.12 bits per heavy atom. The number of nitrogens with zero attached hydrogens (tertiary/aromatic N) is 2. The van der Waals surface area contributed by atoms with E-state index in [0.717, 1.165) is 36.8 Å². The van der Waals surface area contributed by atoms with Crippen molar-refractivity contribution in [1.29, 1.82) is 0 Å². The highest BCUT2D eigenvalue weighted by Crippen LogP contribution is 2.41. The molecule has 0 saturated heterocycles. The summed E-state index contributed by atoms with van der Waals surface area (Å²) in [4.78, 5) is 13.1. The van der Waals surface area contributed by atoms with Gasteiger partial charge >= 0.3 is 0 Å². The molecule has 0 bridgehead atoms. The zero-order valence-electron chi connectivity index (χ0n) is 14.6. The zero-order valence-corrected chi connectivity index (χ0v) is 14.6. The van der Waals surface area contributed by atoms with Crippen molar-refractivity contribution >= 4 is 5.91 Å². The molecule has 0 atom stereocenters. The number of carbonyl (C=O) groups is 1. The molecule has 1 aromatic heterocycles. The summed E-state index contributed by atoms with van der Waals surface area (Å²) >= 11 is 0. The third-order valence-corrected chi connectivity index (χ3v) is 4.96. The van der Waals surface area contributed by atoms with E-state index in [4.69, 9.17) is 4.74 Å². The van der Waals surface area contributed by atoms with E-state index < -0.39 is 5.41 Å². The van der Waals surface area contributed by atoms with Crippen molar-refractivity contribution in [2.75, 3.05) is 7.11 Å². The van der Waals surface area contributed by atoms with Crippen LogP contribution in [0.25, 0.3) is 0 Å². The van der Waals surface area contributed by atoms with Crippen LogP contribution < -0.4 is 10.1 Å². The molecule has 0 aliphatic heterocycles. The minimum Gasteiger partial charge on any atom is -0.480 e. The van der Waals surface area contributed by atoms with Crippen molar-refractivity contribution in [3.63, 3.8) is 0 Å². The van der Waals surface area contributed by atoms with E-state index in [-0.39, 0.29) is 5.91 Å². The monoisotopic (exact) mass is 327 g/mol. The van der Waals surface area contributed by atoms with Gasteiger partial charge in [-0.2, -0.15) is 0 Å². The van der Waals surface area contributed by atoms with E-state index >= 15 is 0 Å². The number of nitrogens with one attached hydrogen (secondary N) is 1. The summed E-state index contributed by atoms with van der Waals surface area (Å²) in [6.07, 6.45) is 5.89. The molecule has 1 heterocycles. The van der Waals surface area contributed by atoms with Crippen LogP contribution >= 0.6 is 0 Å². The van der Waals surface area contributed by atoms with Crippen LogP contribution in [0.1, 0.15) is 42.4 Å².